The number of carbonyl (C=O) groups is 1. The number of aryl methyl sites for hydroxylation is 1. The van der Waals surface area contributed by atoms with Crippen LogP contribution in [0.4, 0.5) is 0 Å². The summed E-state index contributed by atoms with van der Waals surface area (Å²) in [6.45, 7) is 4.80. The Balaban J connectivity index is 1.42. The lowest BCUT2D eigenvalue weighted by atomic mass is 10.0. The Morgan fingerprint density at radius 3 is 2.58 bits per heavy atom. The molecule has 7 heteroatoms. The molecular formula is C24H28N2O4S. The number of amides is 1. The van der Waals surface area contributed by atoms with E-state index in [2.05, 4.69) is 41.4 Å². The maximum Gasteiger partial charge on any atom is 0.287 e. The van der Waals surface area contributed by atoms with Crippen molar-refractivity contribution in [2.24, 2.45) is 0 Å². The SMILES string of the molecule is Cc1cccc(CN2CCC(NC(=O)c3oc4ccccc4c3CS(C)(=O)=O)CC2)c1. The van der Waals surface area contributed by atoms with Crippen LogP contribution in [0.1, 0.15) is 40.1 Å². The summed E-state index contributed by atoms with van der Waals surface area (Å²) in [5.41, 5.74) is 3.53. The number of para-hydroxylation sites is 1. The molecule has 0 aliphatic carbocycles. The van der Waals surface area contributed by atoms with E-state index in [0.29, 0.717) is 16.5 Å². The number of nitrogens with one attached hydrogen (secondary N) is 1. The second kappa shape index (κ2) is 8.85. The van der Waals surface area contributed by atoms with Gasteiger partial charge in [0.25, 0.3) is 5.91 Å². The smallest absolute Gasteiger partial charge is 0.287 e. The highest BCUT2D eigenvalue weighted by molar-refractivity contribution is 7.89. The summed E-state index contributed by atoms with van der Waals surface area (Å²) in [6.07, 6.45) is 2.86. The molecule has 2 aromatic carbocycles. The Morgan fingerprint density at radius 1 is 1.13 bits per heavy atom. The van der Waals surface area contributed by atoms with E-state index in [-0.39, 0.29) is 23.5 Å². The predicted octanol–water partition coefficient (Wildman–Crippen LogP) is 3.68. The highest BCUT2D eigenvalue weighted by Crippen LogP contribution is 2.28. The molecule has 0 radical (unpaired) electrons. The van der Waals surface area contributed by atoms with Crippen LogP contribution < -0.4 is 5.32 Å². The second-order valence-electron chi connectivity index (χ2n) is 8.49. The Morgan fingerprint density at radius 2 is 1.87 bits per heavy atom. The van der Waals surface area contributed by atoms with Gasteiger partial charge in [0.2, 0.25) is 0 Å². The van der Waals surface area contributed by atoms with Gasteiger partial charge in [0, 0.05) is 42.9 Å². The number of benzene rings is 2. The van der Waals surface area contributed by atoms with Crippen LogP contribution in [0, 0.1) is 6.92 Å². The number of sulfone groups is 1. The summed E-state index contributed by atoms with van der Waals surface area (Å²) in [5.74, 6) is -0.456. The first kappa shape index (κ1) is 21.6. The third-order valence-electron chi connectivity index (χ3n) is 5.72. The van der Waals surface area contributed by atoms with Crippen molar-refractivity contribution in [3.05, 3.63) is 71.0 Å². The van der Waals surface area contributed by atoms with Crippen molar-refractivity contribution < 1.29 is 17.6 Å². The standard InChI is InChI=1S/C24H28N2O4S/c1-17-6-5-7-18(14-17)15-26-12-10-19(11-13-26)25-24(27)23-21(16-31(2,28)29)20-8-3-4-9-22(20)30-23/h3-9,14,19H,10-13,15-16H2,1-2H3,(H,25,27). The van der Waals surface area contributed by atoms with Gasteiger partial charge >= 0.3 is 0 Å². The van der Waals surface area contributed by atoms with Gasteiger partial charge in [-0.25, -0.2) is 8.42 Å². The summed E-state index contributed by atoms with van der Waals surface area (Å²) in [6, 6.07) is 15.7. The number of piperidine rings is 1. The first-order valence-electron chi connectivity index (χ1n) is 10.6. The Bertz CT molecular complexity index is 1190. The lowest BCUT2D eigenvalue weighted by Gasteiger charge is -2.32. The summed E-state index contributed by atoms with van der Waals surface area (Å²) in [7, 11) is -3.31. The first-order valence-corrected chi connectivity index (χ1v) is 12.6. The third kappa shape index (κ3) is 5.35. The fraction of sp³-hybridized carbons (Fsp3) is 0.375. The van der Waals surface area contributed by atoms with Crippen molar-refractivity contribution in [1.82, 2.24) is 10.2 Å². The van der Waals surface area contributed by atoms with Gasteiger partial charge < -0.3 is 9.73 Å². The average molecular weight is 441 g/mol. The van der Waals surface area contributed by atoms with E-state index in [1.807, 2.05) is 12.1 Å². The molecule has 1 aliphatic heterocycles. The van der Waals surface area contributed by atoms with E-state index in [9.17, 15) is 13.2 Å². The molecule has 6 nitrogen and oxygen atoms in total. The van der Waals surface area contributed by atoms with Crippen LogP contribution in [0.3, 0.4) is 0 Å². The highest BCUT2D eigenvalue weighted by atomic mass is 32.2. The molecule has 1 N–H and O–H groups in total. The normalized spacial score (nSPS) is 15.9. The number of nitrogens with zero attached hydrogens (tertiary/aromatic N) is 1. The van der Waals surface area contributed by atoms with E-state index >= 15 is 0 Å². The highest BCUT2D eigenvalue weighted by Gasteiger charge is 2.26. The predicted molar refractivity (Wildman–Crippen MR) is 122 cm³/mol. The van der Waals surface area contributed by atoms with Crippen molar-refractivity contribution in [3.8, 4) is 0 Å². The zero-order valence-electron chi connectivity index (χ0n) is 17.9. The van der Waals surface area contributed by atoms with Crippen molar-refractivity contribution in [2.45, 2.75) is 38.1 Å². The van der Waals surface area contributed by atoms with Gasteiger partial charge in [0.1, 0.15) is 5.58 Å². The zero-order chi connectivity index (χ0) is 22.0. The van der Waals surface area contributed by atoms with E-state index in [4.69, 9.17) is 4.42 Å². The molecule has 4 rings (SSSR count). The summed E-state index contributed by atoms with van der Waals surface area (Å²) in [5, 5.41) is 3.73. The van der Waals surface area contributed by atoms with E-state index in [1.54, 1.807) is 12.1 Å². The van der Waals surface area contributed by atoms with Crippen LogP contribution in [0.5, 0.6) is 0 Å². The monoisotopic (exact) mass is 440 g/mol. The average Bonchev–Trinajstić information content (AvgIpc) is 3.07. The van der Waals surface area contributed by atoms with Crippen LogP contribution >= 0.6 is 0 Å². The molecule has 31 heavy (non-hydrogen) atoms. The number of rotatable bonds is 6. The van der Waals surface area contributed by atoms with Gasteiger partial charge in [-0.15, -0.1) is 0 Å². The Kier molecular flexibility index (Phi) is 6.16. The number of furan rings is 1. The molecule has 164 valence electrons. The molecule has 3 aromatic rings. The topological polar surface area (TPSA) is 79.6 Å². The molecule has 1 aromatic heterocycles. The van der Waals surface area contributed by atoms with E-state index in [1.165, 1.54) is 17.4 Å². The molecule has 0 saturated carbocycles. The zero-order valence-corrected chi connectivity index (χ0v) is 18.7. The van der Waals surface area contributed by atoms with Gasteiger partial charge in [-0.2, -0.15) is 0 Å². The quantitative estimate of drug-likeness (QED) is 0.633. The second-order valence-corrected chi connectivity index (χ2v) is 10.6. The minimum Gasteiger partial charge on any atom is -0.451 e. The number of hydrogen-bond donors (Lipinski definition) is 1. The van der Waals surface area contributed by atoms with Gasteiger partial charge in [0.15, 0.2) is 15.6 Å². The van der Waals surface area contributed by atoms with Crippen LogP contribution in [-0.4, -0.2) is 44.6 Å². The Labute approximate surface area is 183 Å². The number of carbonyl (C=O) groups excluding carboxylic acids is 1. The molecule has 1 fully saturated rings. The van der Waals surface area contributed by atoms with Gasteiger partial charge in [-0.3, -0.25) is 9.69 Å². The minimum absolute atomic E-state index is 0.0422. The molecule has 0 bridgehead atoms. The largest absolute Gasteiger partial charge is 0.451 e. The minimum atomic E-state index is -3.31. The molecular weight excluding hydrogens is 412 g/mol. The van der Waals surface area contributed by atoms with E-state index < -0.39 is 9.84 Å². The number of likely N-dealkylation sites (tertiary alicyclic amines) is 1. The Hall–Kier alpha value is -2.64. The van der Waals surface area contributed by atoms with Crippen LogP contribution in [0.15, 0.2) is 52.9 Å². The first-order chi connectivity index (χ1) is 14.8. The molecule has 2 heterocycles. The van der Waals surface area contributed by atoms with Crippen molar-refractivity contribution in [1.29, 1.82) is 0 Å². The maximum absolute atomic E-state index is 13.0. The maximum atomic E-state index is 13.0. The summed E-state index contributed by atoms with van der Waals surface area (Å²) >= 11 is 0. The van der Waals surface area contributed by atoms with Crippen LogP contribution in [0.2, 0.25) is 0 Å². The molecule has 1 saturated heterocycles. The van der Waals surface area contributed by atoms with Gasteiger partial charge in [-0.1, -0.05) is 48.0 Å². The van der Waals surface area contributed by atoms with E-state index in [0.717, 1.165) is 32.5 Å². The van der Waals surface area contributed by atoms with Crippen molar-refractivity contribution >= 4 is 26.7 Å². The fourth-order valence-corrected chi connectivity index (χ4v) is 5.05. The van der Waals surface area contributed by atoms with Gasteiger partial charge in [0.05, 0.1) is 5.75 Å². The van der Waals surface area contributed by atoms with Crippen LogP contribution in [0.25, 0.3) is 11.0 Å². The lowest BCUT2D eigenvalue weighted by molar-refractivity contribution is 0.0882. The molecule has 0 unspecified atom stereocenters. The number of fused-ring (bicyclic) bond motifs is 1. The molecule has 1 amide bonds. The number of hydrogen-bond acceptors (Lipinski definition) is 5. The third-order valence-corrected chi connectivity index (χ3v) is 6.54. The van der Waals surface area contributed by atoms with Crippen molar-refractivity contribution in [2.75, 3.05) is 19.3 Å². The lowest BCUT2D eigenvalue weighted by Crippen LogP contribution is -2.44. The molecule has 0 spiro atoms. The molecule has 0 atom stereocenters. The van der Waals surface area contributed by atoms with Gasteiger partial charge in [-0.05, 0) is 31.4 Å². The fourth-order valence-electron chi connectivity index (χ4n) is 4.24. The summed E-state index contributed by atoms with van der Waals surface area (Å²) < 4.78 is 29.6. The van der Waals surface area contributed by atoms with Crippen molar-refractivity contribution in [3.63, 3.8) is 0 Å². The van der Waals surface area contributed by atoms with Crippen LogP contribution in [-0.2, 0) is 22.1 Å². The molecule has 1 aliphatic rings. The summed E-state index contributed by atoms with van der Waals surface area (Å²) in [4.78, 5) is 15.4.